The second kappa shape index (κ2) is 5.30. The molecular weight excluding hydrogens is 280 g/mol. The van der Waals surface area contributed by atoms with Gasteiger partial charge in [-0.2, -0.15) is 4.99 Å². The number of hydrogen-bond acceptors (Lipinski definition) is 2. The summed E-state index contributed by atoms with van der Waals surface area (Å²) in [5.74, 6) is -0.202. The van der Waals surface area contributed by atoms with Crippen LogP contribution in [-0.2, 0) is 7.05 Å². The van der Waals surface area contributed by atoms with E-state index in [1.807, 2.05) is 29.8 Å². The molecular formula is C17H16N2OS. The van der Waals surface area contributed by atoms with E-state index in [0.29, 0.717) is 5.56 Å². The summed E-state index contributed by atoms with van der Waals surface area (Å²) in [4.78, 5) is 17.2. The first kappa shape index (κ1) is 13.8. The molecule has 3 rings (SSSR count). The van der Waals surface area contributed by atoms with Crippen molar-refractivity contribution in [3.8, 4) is 0 Å². The zero-order chi connectivity index (χ0) is 15.0. The van der Waals surface area contributed by atoms with Gasteiger partial charge in [0.1, 0.15) is 0 Å². The normalized spacial score (nSPS) is 12.0. The van der Waals surface area contributed by atoms with E-state index in [0.717, 1.165) is 10.3 Å². The van der Waals surface area contributed by atoms with E-state index < -0.39 is 0 Å². The topological polar surface area (TPSA) is 34.4 Å². The van der Waals surface area contributed by atoms with Crippen LogP contribution in [0.4, 0.5) is 0 Å². The van der Waals surface area contributed by atoms with Gasteiger partial charge in [-0.1, -0.05) is 35.6 Å². The Labute approximate surface area is 127 Å². The lowest BCUT2D eigenvalue weighted by atomic mass is 10.1. The van der Waals surface area contributed by atoms with Crippen LogP contribution in [0.3, 0.4) is 0 Å². The minimum Gasteiger partial charge on any atom is -0.319 e. The van der Waals surface area contributed by atoms with Gasteiger partial charge >= 0.3 is 0 Å². The second-order valence-electron chi connectivity index (χ2n) is 5.16. The molecule has 0 aliphatic rings. The van der Waals surface area contributed by atoms with Gasteiger partial charge in [0.05, 0.1) is 10.2 Å². The van der Waals surface area contributed by atoms with Gasteiger partial charge in [-0.05, 0) is 43.2 Å². The fraction of sp³-hybridized carbons (Fsp3) is 0.176. The summed E-state index contributed by atoms with van der Waals surface area (Å²) in [6.07, 6.45) is 0. The number of hydrogen-bond donors (Lipinski definition) is 0. The summed E-state index contributed by atoms with van der Waals surface area (Å²) >= 11 is 1.56. The van der Waals surface area contributed by atoms with Gasteiger partial charge in [-0.3, -0.25) is 4.79 Å². The van der Waals surface area contributed by atoms with Gasteiger partial charge in [0.2, 0.25) is 0 Å². The van der Waals surface area contributed by atoms with Crippen molar-refractivity contribution >= 4 is 27.5 Å². The molecule has 0 saturated heterocycles. The number of thiazole rings is 1. The number of aryl methyl sites for hydroxylation is 3. The summed E-state index contributed by atoms with van der Waals surface area (Å²) in [5, 5.41) is 0. The quantitative estimate of drug-likeness (QED) is 0.675. The molecule has 0 spiro atoms. The van der Waals surface area contributed by atoms with E-state index in [4.69, 9.17) is 0 Å². The molecule has 1 heterocycles. The van der Waals surface area contributed by atoms with Crippen molar-refractivity contribution in [3.05, 3.63) is 64.0 Å². The molecule has 1 aromatic heterocycles. The van der Waals surface area contributed by atoms with Crippen LogP contribution in [0.2, 0.25) is 0 Å². The zero-order valence-corrected chi connectivity index (χ0v) is 13.1. The molecule has 4 heteroatoms. The van der Waals surface area contributed by atoms with E-state index in [2.05, 4.69) is 31.0 Å². The second-order valence-corrected chi connectivity index (χ2v) is 6.13. The Morgan fingerprint density at radius 2 is 1.86 bits per heavy atom. The van der Waals surface area contributed by atoms with Crippen molar-refractivity contribution in [1.82, 2.24) is 4.57 Å². The Hall–Kier alpha value is -2.20. The molecule has 0 aliphatic heterocycles. The highest BCUT2D eigenvalue weighted by Gasteiger charge is 2.08. The Bertz CT molecular complexity index is 888. The van der Waals surface area contributed by atoms with Crippen LogP contribution < -0.4 is 4.80 Å². The van der Waals surface area contributed by atoms with Gasteiger partial charge in [-0.25, -0.2) is 0 Å². The highest BCUT2D eigenvalue weighted by Crippen LogP contribution is 2.22. The monoisotopic (exact) mass is 296 g/mol. The van der Waals surface area contributed by atoms with Gasteiger partial charge in [0, 0.05) is 12.6 Å². The van der Waals surface area contributed by atoms with Gasteiger partial charge in [0.15, 0.2) is 4.80 Å². The lowest BCUT2D eigenvalue weighted by molar-refractivity contribution is 0.0998. The Balaban J connectivity index is 2.17. The van der Waals surface area contributed by atoms with E-state index in [1.165, 1.54) is 15.8 Å². The molecule has 0 radical (unpaired) electrons. The molecule has 0 saturated carbocycles. The third-order valence-electron chi connectivity index (χ3n) is 3.46. The van der Waals surface area contributed by atoms with Crippen molar-refractivity contribution in [1.29, 1.82) is 0 Å². The van der Waals surface area contributed by atoms with Gasteiger partial charge < -0.3 is 4.57 Å². The molecule has 0 fully saturated rings. The third-order valence-corrected chi connectivity index (χ3v) is 4.74. The number of nitrogens with zero attached hydrogens (tertiary/aromatic N) is 2. The fourth-order valence-electron chi connectivity index (χ4n) is 2.41. The van der Waals surface area contributed by atoms with E-state index in [1.54, 1.807) is 23.5 Å². The molecule has 2 aromatic carbocycles. The van der Waals surface area contributed by atoms with Crippen LogP contribution in [0.1, 0.15) is 21.5 Å². The maximum atomic E-state index is 12.2. The Kier molecular flexibility index (Phi) is 3.47. The molecule has 1 amide bonds. The SMILES string of the molecule is Cc1cc(C)c2sc(=NC(=O)c3ccccc3)n(C)c2c1. The maximum Gasteiger partial charge on any atom is 0.279 e. The van der Waals surface area contributed by atoms with E-state index in [9.17, 15) is 4.79 Å². The summed E-state index contributed by atoms with van der Waals surface area (Å²) < 4.78 is 3.17. The minimum atomic E-state index is -0.202. The molecule has 0 bridgehead atoms. The zero-order valence-electron chi connectivity index (χ0n) is 12.3. The fourth-order valence-corrected chi connectivity index (χ4v) is 3.47. The molecule has 21 heavy (non-hydrogen) atoms. The average Bonchev–Trinajstić information content (AvgIpc) is 2.78. The van der Waals surface area contributed by atoms with Crippen LogP contribution in [0.15, 0.2) is 47.5 Å². The first-order valence-corrected chi connectivity index (χ1v) is 7.59. The molecule has 0 unspecified atom stereocenters. The lowest BCUT2D eigenvalue weighted by Gasteiger charge is -2.00. The van der Waals surface area contributed by atoms with Crippen LogP contribution in [-0.4, -0.2) is 10.5 Å². The standard InChI is InChI=1S/C17H16N2OS/c1-11-9-12(2)15-14(10-11)19(3)17(21-15)18-16(20)13-7-5-4-6-8-13/h4-10H,1-3H3. The number of carbonyl (C=O) groups is 1. The smallest absolute Gasteiger partial charge is 0.279 e. The average molecular weight is 296 g/mol. The molecule has 0 N–H and O–H groups in total. The Morgan fingerprint density at radius 3 is 2.57 bits per heavy atom. The number of fused-ring (bicyclic) bond motifs is 1. The first-order chi connectivity index (χ1) is 10.1. The van der Waals surface area contributed by atoms with Crippen molar-refractivity contribution in [2.45, 2.75) is 13.8 Å². The van der Waals surface area contributed by atoms with Crippen LogP contribution in [0.5, 0.6) is 0 Å². The highest BCUT2D eigenvalue weighted by atomic mass is 32.1. The Morgan fingerprint density at radius 1 is 1.14 bits per heavy atom. The molecule has 106 valence electrons. The largest absolute Gasteiger partial charge is 0.319 e. The lowest BCUT2D eigenvalue weighted by Crippen LogP contribution is -2.13. The van der Waals surface area contributed by atoms with Crippen molar-refractivity contribution in [3.63, 3.8) is 0 Å². The number of aromatic nitrogens is 1. The molecule has 3 aromatic rings. The summed E-state index contributed by atoms with van der Waals surface area (Å²) in [5.41, 5.74) is 4.17. The van der Waals surface area contributed by atoms with Gasteiger partial charge in [-0.15, -0.1) is 0 Å². The van der Waals surface area contributed by atoms with Crippen molar-refractivity contribution < 1.29 is 4.79 Å². The van der Waals surface area contributed by atoms with Crippen molar-refractivity contribution in [2.24, 2.45) is 12.0 Å². The van der Waals surface area contributed by atoms with E-state index >= 15 is 0 Å². The number of amides is 1. The van der Waals surface area contributed by atoms with Crippen LogP contribution in [0, 0.1) is 13.8 Å². The molecule has 0 atom stereocenters. The highest BCUT2D eigenvalue weighted by molar-refractivity contribution is 7.16. The predicted molar refractivity (Wildman–Crippen MR) is 86.6 cm³/mol. The first-order valence-electron chi connectivity index (χ1n) is 6.77. The van der Waals surface area contributed by atoms with Crippen LogP contribution >= 0.6 is 11.3 Å². The number of benzene rings is 2. The maximum absolute atomic E-state index is 12.2. The summed E-state index contributed by atoms with van der Waals surface area (Å²) in [6.45, 7) is 4.17. The number of rotatable bonds is 1. The van der Waals surface area contributed by atoms with E-state index in [-0.39, 0.29) is 5.91 Å². The predicted octanol–water partition coefficient (Wildman–Crippen LogP) is 3.60. The summed E-state index contributed by atoms with van der Waals surface area (Å²) in [6, 6.07) is 13.4. The minimum absolute atomic E-state index is 0.202. The molecule has 3 nitrogen and oxygen atoms in total. The van der Waals surface area contributed by atoms with Gasteiger partial charge in [0.25, 0.3) is 5.91 Å². The summed E-state index contributed by atoms with van der Waals surface area (Å²) in [7, 11) is 1.95. The number of carbonyl (C=O) groups excluding carboxylic acids is 1. The molecule has 0 aliphatic carbocycles. The van der Waals surface area contributed by atoms with Crippen LogP contribution in [0.25, 0.3) is 10.2 Å². The third kappa shape index (κ3) is 2.54. The van der Waals surface area contributed by atoms with Crippen molar-refractivity contribution in [2.75, 3.05) is 0 Å².